The molecule has 1 N–H and O–H groups in total. The number of epoxide rings is 1. The molecule has 1 saturated heterocycles. The molecule has 3 nitrogen and oxygen atoms in total. The number of hydrogen-bond donors (Lipinski definition) is 1. The van der Waals surface area contributed by atoms with Crippen molar-refractivity contribution in [3.8, 4) is 0 Å². The normalized spacial score (nSPS) is 27.9. The smallest absolute Gasteiger partial charge is 0.151 e. The van der Waals surface area contributed by atoms with Gasteiger partial charge < -0.3 is 14.8 Å². The number of carbonyl (C=O) groups is 1. The van der Waals surface area contributed by atoms with Gasteiger partial charge in [-0.3, -0.25) is 0 Å². The van der Waals surface area contributed by atoms with Crippen LogP contribution in [0.1, 0.15) is 27.2 Å². The van der Waals surface area contributed by atoms with Crippen molar-refractivity contribution >= 4 is 6.29 Å². The van der Waals surface area contributed by atoms with Crippen molar-refractivity contribution in [1.29, 1.82) is 0 Å². The Balaban J connectivity index is 2.44. The second kappa shape index (κ2) is 4.42. The Morgan fingerprint density at radius 2 is 2.23 bits per heavy atom. The maximum atomic E-state index is 10.4. The molecule has 0 amide bonds. The lowest BCUT2D eigenvalue weighted by atomic mass is 10.1. The van der Waals surface area contributed by atoms with Crippen LogP contribution in [0.25, 0.3) is 0 Å². The van der Waals surface area contributed by atoms with Gasteiger partial charge in [0.05, 0.1) is 0 Å². The molecule has 0 aromatic heterocycles. The number of ether oxygens (including phenoxy) is 1. The summed E-state index contributed by atoms with van der Waals surface area (Å²) in [6.07, 6.45) is 1.80. The first-order valence-corrected chi connectivity index (χ1v) is 4.72. The molecule has 0 bridgehead atoms. The van der Waals surface area contributed by atoms with Gasteiger partial charge in [-0.1, -0.05) is 6.92 Å². The Morgan fingerprint density at radius 3 is 2.69 bits per heavy atom. The second-order valence-corrected chi connectivity index (χ2v) is 3.39. The molecular weight excluding hydrogens is 166 g/mol. The lowest BCUT2D eigenvalue weighted by Gasteiger charge is -2.07. The van der Waals surface area contributed by atoms with E-state index in [0.29, 0.717) is 0 Å². The summed E-state index contributed by atoms with van der Waals surface area (Å²) in [6, 6.07) is 0. The zero-order valence-electron chi connectivity index (χ0n) is 8.46. The second-order valence-electron chi connectivity index (χ2n) is 3.39. The molecule has 0 spiro atoms. The SMILES string of the molecule is CCCN/C(C)=C(\C)C1OC1C=O. The number of allylic oxidation sites excluding steroid dienone is 1. The Morgan fingerprint density at radius 1 is 1.54 bits per heavy atom. The number of rotatable bonds is 5. The Labute approximate surface area is 79.2 Å². The van der Waals surface area contributed by atoms with Gasteiger partial charge in [0.2, 0.25) is 0 Å². The van der Waals surface area contributed by atoms with E-state index in [4.69, 9.17) is 4.74 Å². The molecule has 2 atom stereocenters. The predicted octanol–water partition coefficient (Wildman–Crippen LogP) is 1.25. The van der Waals surface area contributed by atoms with Gasteiger partial charge in [-0.25, -0.2) is 0 Å². The molecule has 0 radical (unpaired) electrons. The fourth-order valence-corrected chi connectivity index (χ4v) is 1.24. The van der Waals surface area contributed by atoms with Crippen LogP contribution in [0.5, 0.6) is 0 Å². The van der Waals surface area contributed by atoms with Crippen molar-refractivity contribution in [3.05, 3.63) is 11.3 Å². The van der Waals surface area contributed by atoms with E-state index in [1.807, 2.05) is 13.8 Å². The third-order valence-corrected chi connectivity index (χ3v) is 2.32. The Bertz CT molecular complexity index is 223. The largest absolute Gasteiger partial charge is 0.389 e. The van der Waals surface area contributed by atoms with Crippen molar-refractivity contribution in [2.24, 2.45) is 0 Å². The van der Waals surface area contributed by atoms with Crippen LogP contribution >= 0.6 is 0 Å². The predicted molar refractivity (Wildman–Crippen MR) is 51.4 cm³/mol. The average Bonchev–Trinajstić information content (AvgIpc) is 2.91. The number of nitrogens with one attached hydrogen (secondary N) is 1. The third-order valence-electron chi connectivity index (χ3n) is 2.32. The standard InChI is InChI=1S/C10H17NO2/c1-4-5-11-8(3)7(2)10-9(6-12)13-10/h6,9-11H,4-5H2,1-3H3/b8-7+. The highest BCUT2D eigenvalue weighted by atomic mass is 16.6. The fraction of sp³-hybridized carbons (Fsp3) is 0.700. The van der Waals surface area contributed by atoms with Gasteiger partial charge in [-0.15, -0.1) is 0 Å². The van der Waals surface area contributed by atoms with Crippen molar-refractivity contribution in [2.45, 2.75) is 39.4 Å². The minimum Gasteiger partial charge on any atom is -0.389 e. The van der Waals surface area contributed by atoms with E-state index in [9.17, 15) is 4.79 Å². The average molecular weight is 183 g/mol. The molecular formula is C10H17NO2. The molecule has 74 valence electrons. The minimum absolute atomic E-state index is 0.0295. The molecule has 1 fully saturated rings. The minimum atomic E-state index is -0.196. The fourth-order valence-electron chi connectivity index (χ4n) is 1.24. The first-order chi connectivity index (χ1) is 6.20. The molecule has 1 aliphatic heterocycles. The van der Waals surface area contributed by atoms with Crippen molar-refractivity contribution < 1.29 is 9.53 Å². The Kier molecular flexibility index (Phi) is 3.48. The van der Waals surface area contributed by atoms with Crippen LogP contribution < -0.4 is 5.32 Å². The van der Waals surface area contributed by atoms with Gasteiger partial charge in [-0.05, 0) is 25.8 Å². The van der Waals surface area contributed by atoms with Crippen molar-refractivity contribution in [3.63, 3.8) is 0 Å². The van der Waals surface area contributed by atoms with E-state index in [1.54, 1.807) is 0 Å². The van der Waals surface area contributed by atoms with Gasteiger partial charge in [-0.2, -0.15) is 0 Å². The summed E-state index contributed by atoms with van der Waals surface area (Å²) in [4.78, 5) is 10.4. The van der Waals surface area contributed by atoms with Crippen molar-refractivity contribution in [1.82, 2.24) is 5.32 Å². The topological polar surface area (TPSA) is 41.6 Å². The first-order valence-electron chi connectivity index (χ1n) is 4.72. The highest BCUT2D eigenvalue weighted by Crippen LogP contribution is 2.28. The van der Waals surface area contributed by atoms with Crippen LogP contribution in [-0.4, -0.2) is 25.0 Å². The molecule has 1 rings (SSSR count). The molecule has 1 heterocycles. The molecule has 3 heteroatoms. The van der Waals surface area contributed by atoms with Gasteiger partial charge in [0, 0.05) is 12.2 Å². The summed E-state index contributed by atoms with van der Waals surface area (Å²) in [6.45, 7) is 7.12. The zero-order valence-corrected chi connectivity index (χ0v) is 8.46. The van der Waals surface area contributed by atoms with Crippen molar-refractivity contribution in [2.75, 3.05) is 6.54 Å². The molecule has 1 aliphatic rings. The maximum absolute atomic E-state index is 10.4. The molecule has 0 aliphatic carbocycles. The van der Waals surface area contributed by atoms with Crippen LogP contribution in [0.15, 0.2) is 11.3 Å². The summed E-state index contributed by atoms with van der Waals surface area (Å²) in [5.74, 6) is 0. The maximum Gasteiger partial charge on any atom is 0.151 e. The third kappa shape index (κ3) is 2.56. The quantitative estimate of drug-likeness (QED) is 0.515. The van der Waals surface area contributed by atoms with E-state index < -0.39 is 0 Å². The summed E-state index contributed by atoms with van der Waals surface area (Å²) < 4.78 is 5.16. The van der Waals surface area contributed by atoms with E-state index in [2.05, 4.69) is 12.2 Å². The van der Waals surface area contributed by atoms with Crippen LogP contribution in [0.2, 0.25) is 0 Å². The van der Waals surface area contributed by atoms with Gasteiger partial charge in [0.1, 0.15) is 12.2 Å². The van der Waals surface area contributed by atoms with Gasteiger partial charge in [0.25, 0.3) is 0 Å². The molecule has 0 aromatic rings. The Hall–Kier alpha value is -0.830. The van der Waals surface area contributed by atoms with Crippen LogP contribution in [0.3, 0.4) is 0 Å². The van der Waals surface area contributed by atoms with Crippen LogP contribution in [-0.2, 0) is 9.53 Å². The van der Waals surface area contributed by atoms with Gasteiger partial charge >= 0.3 is 0 Å². The van der Waals surface area contributed by atoms with E-state index >= 15 is 0 Å². The molecule has 0 saturated carbocycles. The van der Waals surface area contributed by atoms with E-state index in [1.165, 1.54) is 0 Å². The summed E-state index contributed by atoms with van der Waals surface area (Å²) >= 11 is 0. The van der Waals surface area contributed by atoms with E-state index in [0.717, 1.165) is 30.5 Å². The highest BCUT2D eigenvalue weighted by molar-refractivity contribution is 5.62. The van der Waals surface area contributed by atoms with Crippen LogP contribution in [0.4, 0.5) is 0 Å². The van der Waals surface area contributed by atoms with Gasteiger partial charge in [0.15, 0.2) is 6.29 Å². The summed E-state index contributed by atoms with van der Waals surface area (Å²) in [5.41, 5.74) is 2.28. The van der Waals surface area contributed by atoms with E-state index in [-0.39, 0.29) is 12.2 Å². The monoisotopic (exact) mass is 183 g/mol. The lowest BCUT2D eigenvalue weighted by molar-refractivity contribution is -0.108. The van der Waals surface area contributed by atoms with Crippen LogP contribution in [0, 0.1) is 0 Å². The number of hydrogen-bond acceptors (Lipinski definition) is 3. The molecule has 13 heavy (non-hydrogen) atoms. The molecule has 0 aromatic carbocycles. The zero-order chi connectivity index (χ0) is 9.84. The summed E-state index contributed by atoms with van der Waals surface area (Å²) in [7, 11) is 0. The molecule has 2 unspecified atom stereocenters. The lowest BCUT2D eigenvalue weighted by Crippen LogP contribution is -2.15. The first kappa shape index (κ1) is 10.3. The highest BCUT2D eigenvalue weighted by Gasteiger charge is 2.40. The summed E-state index contributed by atoms with van der Waals surface area (Å²) in [5, 5.41) is 3.28. The number of carbonyl (C=O) groups excluding carboxylic acids is 1. The number of aldehydes is 1.